The Morgan fingerprint density at radius 2 is 1.94 bits per heavy atom. The van der Waals surface area contributed by atoms with Crippen molar-refractivity contribution in [1.82, 2.24) is 25.2 Å². The molecule has 0 amide bonds. The van der Waals surface area contributed by atoms with E-state index in [-0.39, 0.29) is 5.97 Å². The first-order valence-corrected chi connectivity index (χ1v) is 13.0. The number of esters is 1. The second kappa shape index (κ2) is 10.7. The lowest BCUT2D eigenvalue weighted by molar-refractivity contribution is 0.0531. The molecule has 2 aliphatic heterocycles. The summed E-state index contributed by atoms with van der Waals surface area (Å²) in [5.74, 6) is 1.18. The monoisotopic (exact) mass is 493 g/mol. The van der Waals surface area contributed by atoms with Crippen LogP contribution in [0.4, 0.5) is 16.9 Å². The highest BCUT2D eigenvalue weighted by atomic mass is 32.1. The summed E-state index contributed by atoms with van der Waals surface area (Å²) in [5.41, 5.74) is 4.24. The molecule has 2 N–H and O–H groups in total. The van der Waals surface area contributed by atoms with Crippen molar-refractivity contribution in [3.8, 4) is 0 Å². The van der Waals surface area contributed by atoms with Gasteiger partial charge in [0, 0.05) is 51.4 Å². The lowest BCUT2D eigenvalue weighted by Gasteiger charge is -2.34. The van der Waals surface area contributed by atoms with Gasteiger partial charge in [-0.2, -0.15) is 4.98 Å². The number of benzene rings is 1. The molecular weight excluding hydrogens is 462 g/mol. The van der Waals surface area contributed by atoms with Crippen molar-refractivity contribution in [2.75, 3.05) is 49.5 Å². The van der Waals surface area contributed by atoms with Gasteiger partial charge in [0.1, 0.15) is 10.7 Å². The zero-order valence-electron chi connectivity index (χ0n) is 20.2. The zero-order chi connectivity index (χ0) is 24.2. The third-order valence-corrected chi connectivity index (χ3v) is 7.32. The quantitative estimate of drug-likeness (QED) is 0.481. The van der Waals surface area contributed by atoms with E-state index in [1.807, 2.05) is 13.0 Å². The predicted molar refractivity (Wildman–Crippen MR) is 137 cm³/mol. The molecule has 4 heterocycles. The number of fused-ring (bicyclic) bond motifs is 1. The number of carbonyl (C=O) groups excluding carboxylic acids is 1. The van der Waals surface area contributed by atoms with Gasteiger partial charge >= 0.3 is 5.97 Å². The number of nitrogens with zero attached hydrogens (tertiary/aromatic N) is 5. The van der Waals surface area contributed by atoms with E-state index in [4.69, 9.17) is 14.7 Å². The van der Waals surface area contributed by atoms with Gasteiger partial charge in [0.25, 0.3) is 0 Å². The number of aryl methyl sites for hydroxylation is 1. The highest BCUT2D eigenvalue weighted by molar-refractivity contribution is 7.17. The molecule has 3 aromatic rings. The Balaban J connectivity index is 1.43. The maximum Gasteiger partial charge on any atom is 0.350 e. The van der Waals surface area contributed by atoms with E-state index in [9.17, 15) is 4.79 Å². The molecule has 0 aliphatic carbocycles. The number of rotatable bonds is 7. The summed E-state index contributed by atoms with van der Waals surface area (Å²) < 4.78 is 5.16. The van der Waals surface area contributed by atoms with Gasteiger partial charge in [0.2, 0.25) is 5.95 Å². The second-order valence-electron chi connectivity index (χ2n) is 8.76. The number of hydrogen-bond donors (Lipinski definition) is 2. The summed E-state index contributed by atoms with van der Waals surface area (Å²) in [6, 6.07) is 10.6. The molecule has 0 spiro atoms. The van der Waals surface area contributed by atoms with Crippen LogP contribution in [0.1, 0.15) is 39.1 Å². The third-order valence-electron chi connectivity index (χ3n) is 6.26. The summed E-state index contributed by atoms with van der Waals surface area (Å²) in [5, 5.41) is 7.29. The van der Waals surface area contributed by atoms with Crippen molar-refractivity contribution in [2.45, 2.75) is 33.4 Å². The molecule has 0 radical (unpaired) electrons. The van der Waals surface area contributed by atoms with Gasteiger partial charge < -0.3 is 15.0 Å². The number of ether oxygens (including phenoxy) is 1. The Hall–Kier alpha value is -3.08. The Bertz CT molecular complexity index is 1180. The van der Waals surface area contributed by atoms with Crippen molar-refractivity contribution in [1.29, 1.82) is 0 Å². The normalized spacial score (nSPS) is 16.1. The molecule has 1 saturated heterocycles. The average molecular weight is 494 g/mol. The maximum absolute atomic E-state index is 12.2. The van der Waals surface area contributed by atoms with Gasteiger partial charge in [-0.25, -0.2) is 14.8 Å². The molecule has 0 bridgehead atoms. The van der Waals surface area contributed by atoms with Crippen molar-refractivity contribution < 1.29 is 9.53 Å². The van der Waals surface area contributed by atoms with Crippen LogP contribution in [0.5, 0.6) is 0 Å². The fourth-order valence-electron chi connectivity index (χ4n) is 4.57. The molecule has 35 heavy (non-hydrogen) atoms. The van der Waals surface area contributed by atoms with Crippen molar-refractivity contribution in [3.05, 3.63) is 57.7 Å². The number of hydrogen-bond acceptors (Lipinski definition) is 10. The number of thiazole rings is 1. The van der Waals surface area contributed by atoms with Crippen LogP contribution in [0, 0.1) is 6.92 Å². The minimum atomic E-state index is -0.347. The van der Waals surface area contributed by atoms with E-state index in [1.54, 1.807) is 6.92 Å². The molecule has 0 unspecified atom stereocenters. The van der Waals surface area contributed by atoms with Crippen LogP contribution in [-0.2, 0) is 24.2 Å². The van der Waals surface area contributed by atoms with Crippen LogP contribution in [0.25, 0.3) is 0 Å². The largest absolute Gasteiger partial charge is 0.462 e. The van der Waals surface area contributed by atoms with Crippen LogP contribution in [0.2, 0.25) is 0 Å². The smallest absolute Gasteiger partial charge is 0.350 e. The van der Waals surface area contributed by atoms with Crippen LogP contribution in [0.3, 0.4) is 0 Å². The number of anilines is 3. The first-order chi connectivity index (χ1) is 17.1. The summed E-state index contributed by atoms with van der Waals surface area (Å²) in [4.78, 5) is 31.9. The zero-order valence-corrected chi connectivity index (χ0v) is 21.0. The Labute approximate surface area is 209 Å². The van der Waals surface area contributed by atoms with E-state index in [1.165, 1.54) is 22.5 Å². The van der Waals surface area contributed by atoms with Crippen LogP contribution < -0.4 is 15.5 Å². The molecule has 9 nitrogen and oxygen atoms in total. The molecule has 10 heteroatoms. The Kier molecular flexibility index (Phi) is 7.21. The van der Waals surface area contributed by atoms with Gasteiger partial charge in [0.05, 0.1) is 18.0 Å². The molecule has 5 rings (SSSR count). The number of nitrogens with one attached hydrogen (secondary N) is 2. The second-order valence-corrected chi connectivity index (χ2v) is 9.76. The standard InChI is InChI=1S/C25H31N7O2S/c1-3-34-23(33)21-17(2)27-25(35-21)30-24-28-20-16-31(15-18-7-5-4-6-8-18)12-9-19(20)22(29-24)32-13-10-26-11-14-32/h4-8,26H,3,9-16H2,1-2H3,(H,27,28,29,30). The van der Waals surface area contributed by atoms with E-state index < -0.39 is 0 Å². The summed E-state index contributed by atoms with van der Waals surface area (Å²) in [6.45, 7) is 10.3. The summed E-state index contributed by atoms with van der Waals surface area (Å²) >= 11 is 1.27. The van der Waals surface area contributed by atoms with E-state index >= 15 is 0 Å². The Morgan fingerprint density at radius 3 is 2.71 bits per heavy atom. The van der Waals surface area contributed by atoms with E-state index in [0.29, 0.717) is 28.3 Å². The first kappa shape index (κ1) is 23.7. The highest BCUT2D eigenvalue weighted by Crippen LogP contribution is 2.31. The van der Waals surface area contributed by atoms with E-state index in [2.05, 4.69) is 49.7 Å². The SMILES string of the molecule is CCOC(=O)c1sc(Nc2nc3c(c(N4CCNCC4)n2)CCN(Cc2ccccc2)C3)nc1C. The molecular formula is C25H31N7O2S. The summed E-state index contributed by atoms with van der Waals surface area (Å²) in [6.07, 6.45) is 0.922. The fraction of sp³-hybridized carbons (Fsp3) is 0.440. The molecule has 1 fully saturated rings. The molecule has 0 atom stereocenters. The molecule has 184 valence electrons. The van der Waals surface area contributed by atoms with Gasteiger partial charge in [-0.05, 0) is 25.8 Å². The van der Waals surface area contributed by atoms with E-state index in [0.717, 1.165) is 63.7 Å². The number of aromatic nitrogens is 3. The predicted octanol–water partition coefficient (Wildman–Crippen LogP) is 3.13. The molecule has 1 aromatic carbocycles. The van der Waals surface area contributed by atoms with Crippen molar-refractivity contribution in [2.24, 2.45) is 0 Å². The van der Waals surface area contributed by atoms with Gasteiger partial charge in [-0.15, -0.1) is 0 Å². The lowest BCUT2D eigenvalue weighted by Crippen LogP contribution is -2.45. The minimum absolute atomic E-state index is 0.334. The van der Waals surface area contributed by atoms with Gasteiger partial charge in [-0.3, -0.25) is 10.2 Å². The van der Waals surface area contributed by atoms with Crippen molar-refractivity contribution in [3.63, 3.8) is 0 Å². The number of piperazine rings is 1. The first-order valence-electron chi connectivity index (χ1n) is 12.1. The molecule has 2 aliphatic rings. The average Bonchev–Trinajstić information content (AvgIpc) is 3.24. The van der Waals surface area contributed by atoms with Crippen molar-refractivity contribution >= 4 is 34.2 Å². The molecule has 2 aromatic heterocycles. The highest BCUT2D eigenvalue weighted by Gasteiger charge is 2.26. The fourth-order valence-corrected chi connectivity index (χ4v) is 5.42. The van der Waals surface area contributed by atoms with Gasteiger partial charge in [0.15, 0.2) is 5.13 Å². The Morgan fingerprint density at radius 1 is 1.14 bits per heavy atom. The van der Waals surface area contributed by atoms with Crippen LogP contribution >= 0.6 is 11.3 Å². The number of carbonyl (C=O) groups is 1. The third kappa shape index (κ3) is 5.44. The molecule has 0 saturated carbocycles. The van der Waals surface area contributed by atoms with Gasteiger partial charge in [-0.1, -0.05) is 41.7 Å². The topological polar surface area (TPSA) is 95.5 Å². The van der Waals surface area contributed by atoms with Crippen LogP contribution in [-0.4, -0.2) is 65.2 Å². The van der Waals surface area contributed by atoms with Crippen LogP contribution in [0.15, 0.2) is 30.3 Å². The maximum atomic E-state index is 12.2. The minimum Gasteiger partial charge on any atom is -0.462 e. The summed E-state index contributed by atoms with van der Waals surface area (Å²) in [7, 11) is 0. The lowest BCUT2D eigenvalue weighted by atomic mass is 10.0.